The Bertz CT molecular complexity index is 769. The Morgan fingerprint density at radius 2 is 1.58 bits per heavy atom. The topological polar surface area (TPSA) is 103 Å². The Labute approximate surface area is 229 Å². The van der Waals surface area contributed by atoms with Gasteiger partial charge in [0.1, 0.15) is 6.10 Å². The molecule has 38 heavy (non-hydrogen) atoms. The number of esters is 1. The van der Waals surface area contributed by atoms with Crippen LogP contribution in [0.1, 0.15) is 109 Å². The smallest absolute Gasteiger partial charge is 0.408 e. The summed E-state index contributed by atoms with van der Waals surface area (Å²) in [7, 11) is -3.67. The molecule has 0 amide bonds. The van der Waals surface area contributed by atoms with Gasteiger partial charge in [-0.2, -0.15) is 0 Å². The van der Waals surface area contributed by atoms with Crippen molar-refractivity contribution in [2.45, 2.75) is 122 Å². The van der Waals surface area contributed by atoms with Gasteiger partial charge in [0, 0.05) is 13.0 Å². The van der Waals surface area contributed by atoms with E-state index >= 15 is 0 Å². The van der Waals surface area contributed by atoms with Gasteiger partial charge in [-0.25, -0.2) is 9.65 Å². The van der Waals surface area contributed by atoms with Crippen LogP contribution in [-0.2, 0) is 34.5 Å². The number of unbranched alkanes of at least 4 members (excludes halogenated alkanes) is 12. The number of hydrogen-bond acceptors (Lipinski definition) is 7. The number of hydrogen-bond donors (Lipinski definition) is 2. The summed E-state index contributed by atoms with van der Waals surface area (Å²) in [5.74, 6) is -0.469. The van der Waals surface area contributed by atoms with Crippen molar-refractivity contribution in [2.24, 2.45) is 0 Å². The highest BCUT2D eigenvalue weighted by atomic mass is 31.2. The lowest BCUT2D eigenvalue weighted by Crippen LogP contribution is -2.39. The van der Waals surface area contributed by atoms with E-state index in [4.69, 9.17) is 18.5 Å². The second-order valence-electron chi connectivity index (χ2n) is 10.1. The van der Waals surface area contributed by atoms with Crippen molar-refractivity contribution in [3.8, 4) is 0 Å². The average molecular weight is 556 g/mol. The molecule has 0 radical (unpaired) electrons. The summed E-state index contributed by atoms with van der Waals surface area (Å²) in [5.41, 5.74) is 0.890. The molecule has 1 aromatic carbocycles. The Balaban J connectivity index is 1.69. The van der Waals surface area contributed by atoms with E-state index < -0.39 is 32.7 Å². The number of aliphatic hydroxyl groups excluding tert-OH is 1. The van der Waals surface area contributed by atoms with Gasteiger partial charge in [0.05, 0.1) is 19.8 Å². The van der Waals surface area contributed by atoms with Crippen LogP contribution in [0.5, 0.6) is 0 Å². The molecule has 8 nitrogen and oxygen atoms in total. The van der Waals surface area contributed by atoms with Crippen LogP contribution in [0.4, 0.5) is 0 Å². The van der Waals surface area contributed by atoms with Crippen molar-refractivity contribution in [1.82, 2.24) is 5.09 Å². The molecule has 0 saturated carbocycles. The molecule has 1 aliphatic rings. The van der Waals surface area contributed by atoms with Gasteiger partial charge < -0.3 is 14.6 Å². The molecule has 1 fully saturated rings. The van der Waals surface area contributed by atoms with Crippen LogP contribution >= 0.6 is 7.75 Å². The highest BCUT2D eigenvalue weighted by molar-refractivity contribution is 7.51. The van der Waals surface area contributed by atoms with Crippen molar-refractivity contribution in [1.29, 1.82) is 0 Å². The number of benzene rings is 1. The van der Waals surface area contributed by atoms with Crippen LogP contribution in [-0.4, -0.2) is 43.2 Å². The largest absolute Gasteiger partial charge is 0.432 e. The van der Waals surface area contributed by atoms with E-state index in [0.717, 1.165) is 18.4 Å². The monoisotopic (exact) mass is 555 g/mol. The third-order valence-corrected chi connectivity index (χ3v) is 8.27. The van der Waals surface area contributed by atoms with Gasteiger partial charge in [-0.15, -0.1) is 0 Å². The average Bonchev–Trinajstić information content (AvgIpc) is 2.92. The fourth-order valence-corrected chi connectivity index (χ4v) is 5.84. The summed E-state index contributed by atoms with van der Waals surface area (Å²) in [4.78, 5) is 12.6. The fraction of sp³-hybridized carbons (Fsp3) is 0.759. The first-order valence-corrected chi connectivity index (χ1v) is 16.2. The molecular formula is C29H50NO7P. The Morgan fingerprint density at radius 1 is 0.974 bits per heavy atom. The SMILES string of the molecule is CCCCCCCCCCCCCCCC(=O)OC(OP1(=O)NCCCO1)C(CO)OCc1ccccc1. The molecule has 0 spiro atoms. The minimum absolute atomic E-state index is 0.181. The Morgan fingerprint density at radius 3 is 2.13 bits per heavy atom. The van der Waals surface area contributed by atoms with Crippen LogP contribution in [0.3, 0.4) is 0 Å². The van der Waals surface area contributed by atoms with Crippen LogP contribution in [0, 0.1) is 0 Å². The van der Waals surface area contributed by atoms with E-state index in [0.29, 0.717) is 19.4 Å². The van der Waals surface area contributed by atoms with Crippen molar-refractivity contribution in [3.05, 3.63) is 35.9 Å². The molecular weight excluding hydrogens is 505 g/mol. The first kappa shape index (κ1) is 32.9. The molecule has 0 aliphatic carbocycles. The lowest BCUT2D eigenvalue weighted by Gasteiger charge is -2.31. The Kier molecular flexibility index (Phi) is 17.9. The maximum absolute atomic E-state index is 12.9. The quantitative estimate of drug-likeness (QED) is 0.0679. The summed E-state index contributed by atoms with van der Waals surface area (Å²) >= 11 is 0. The summed E-state index contributed by atoms with van der Waals surface area (Å²) < 4.78 is 35.2. The van der Waals surface area contributed by atoms with Crippen molar-refractivity contribution >= 4 is 13.7 Å². The number of nitrogens with one attached hydrogen (secondary N) is 1. The predicted molar refractivity (Wildman–Crippen MR) is 150 cm³/mol. The predicted octanol–water partition coefficient (Wildman–Crippen LogP) is 7.05. The summed E-state index contributed by atoms with van der Waals surface area (Å²) in [6.45, 7) is 2.70. The van der Waals surface area contributed by atoms with Crippen LogP contribution in [0.25, 0.3) is 0 Å². The molecule has 3 atom stereocenters. The molecule has 1 aliphatic heterocycles. The third-order valence-electron chi connectivity index (χ3n) is 6.65. The molecule has 0 aromatic heterocycles. The maximum atomic E-state index is 12.9. The lowest BCUT2D eigenvalue weighted by molar-refractivity contribution is -0.195. The molecule has 2 rings (SSSR count). The van der Waals surface area contributed by atoms with Crippen LogP contribution in [0.15, 0.2) is 30.3 Å². The van der Waals surface area contributed by atoms with Gasteiger partial charge in [-0.1, -0.05) is 114 Å². The third kappa shape index (κ3) is 14.8. The zero-order valence-electron chi connectivity index (χ0n) is 23.3. The van der Waals surface area contributed by atoms with Crippen molar-refractivity contribution in [3.63, 3.8) is 0 Å². The molecule has 1 heterocycles. The number of carbonyl (C=O) groups is 1. The molecule has 218 valence electrons. The molecule has 1 aromatic rings. The van der Waals surface area contributed by atoms with E-state index in [2.05, 4.69) is 12.0 Å². The number of carbonyl (C=O) groups excluding carboxylic acids is 1. The van der Waals surface area contributed by atoms with E-state index in [9.17, 15) is 14.5 Å². The minimum atomic E-state index is -3.67. The van der Waals surface area contributed by atoms with Gasteiger partial charge in [0.25, 0.3) is 0 Å². The molecule has 1 saturated heterocycles. The van der Waals surface area contributed by atoms with Gasteiger partial charge in [0.15, 0.2) is 0 Å². The zero-order chi connectivity index (χ0) is 27.3. The Hall–Kier alpha value is -1.28. The second-order valence-corrected chi connectivity index (χ2v) is 11.8. The van der Waals surface area contributed by atoms with Crippen molar-refractivity contribution in [2.75, 3.05) is 19.8 Å². The second kappa shape index (κ2) is 20.6. The number of rotatable bonds is 22. The van der Waals surface area contributed by atoms with Gasteiger partial charge in [0.2, 0.25) is 6.29 Å². The minimum Gasteiger partial charge on any atom is -0.432 e. The fourth-order valence-electron chi connectivity index (χ4n) is 4.36. The van der Waals surface area contributed by atoms with Gasteiger partial charge in [-0.05, 0) is 18.4 Å². The highest BCUT2D eigenvalue weighted by Gasteiger charge is 2.37. The van der Waals surface area contributed by atoms with E-state index in [1.807, 2.05) is 30.3 Å². The zero-order valence-corrected chi connectivity index (χ0v) is 24.2. The summed E-state index contributed by atoms with van der Waals surface area (Å²) in [6, 6.07) is 9.44. The molecule has 9 heteroatoms. The first-order chi connectivity index (χ1) is 18.6. The highest BCUT2D eigenvalue weighted by Crippen LogP contribution is 2.47. The molecule has 3 unspecified atom stereocenters. The van der Waals surface area contributed by atoms with E-state index in [-0.39, 0.29) is 19.6 Å². The first-order valence-electron chi connectivity index (χ1n) is 14.7. The van der Waals surface area contributed by atoms with Crippen LogP contribution in [0.2, 0.25) is 0 Å². The standard InChI is InChI=1S/C29H50NO7P/c1-2-3-4-5-6-7-8-9-10-11-12-13-17-21-28(32)36-29(37-38(33)30-22-18-23-35-38)27(24-31)34-25-26-19-15-14-16-20-26/h14-16,19-20,27,29,31H,2-13,17-18,21-25H2,1H3,(H,30,33). The van der Waals surface area contributed by atoms with E-state index in [1.165, 1.54) is 64.2 Å². The van der Waals surface area contributed by atoms with Crippen molar-refractivity contribution < 1.29 is 33.0 Å². The number of ether oxygens (including phenoxy) is 2. The van der Waals surface area contributed by atoms with E-state index in [1.54, 1.807) is 0 Å². The maximum Gasteiger partial charge on any atom is 0.408 e. The lowest BCUT2D eigenvalue weighted by atomic mass is 10.0. The van der Waals surface area contributed by atoms with Gasteiger partial charge in [-0.3, -0.25) is 13.8 Å². The number of aliphatic hydroxyl groups is 1. The van der Waals surface area contributed by atoms with Gasteiger partial charge >= 0.3 is 13.7 Å². The summed E-state index contributed by atoms with van der Waals surface area (Å²) in [5, 5.41) is 12.7. The van der Waals surface area contributed by atoms with Crippen LogP contribution < -0.4 is 5.09 Å². The molecule has 0 bridgehead atoms. The molecule has 2 N–H and O–H groups in total. The normalized spacial score (nSPS) is 19.2. The summed E-state index contributed by atoms with van der Waals surface area (Å²) in [6.07, 6.45) is 14.5.